The average Bonchev–Trinajstić information content (AvgIpc) is 2.34. The Morgan fingerprint density at radius 2 is 2.00 bits per heavy atom. The minimum Gasteiger partial charge on any atom is -0.389 e. The van der Waals surface area contributed by atoms with Gasteiger partial charge in [-0.2, -0.15) is 0 Å². The predicted octanol–water partition coefficient (Wildman–Crippen LogP) is 3.37. The number of aliphatic hydroxyl groups is 1. The van der Waals surface area contributed by atoms with Crippen LogP contribution in [-0.4, -0.2) is 34.7 Å². The Morgan fingerprint density at radius 3 is 2.58 bits per heavy atom. The van der Waals surface area contributed by atoms with Crippen LogP contribution in [0.2, 0.25) is 0 Å². The summed E-state index contributed by atoms with van der Waals surface area (Å²) in [5.41, 5.74) is -0.178. The maximum atomic E-state index is 13.8. The van der Waals surface area contributed by atoms with Crippen molar-refractivity contribution in [2.75, 3.05) is 13.1 Å². The molecular formula is C15H21BrFNO. The van der Waals surface area contributed by atoms with Crippen molar-refractivity contribution in [3.8, 4) is 0 Å². The van der Waals surface area contributed by atoms with E-state index in [9.17, 15) is 9.50 Å². The van der Waals surface area contributed by atoms with E-state index in [1.807, 2.05) is 0 Å². The fourth-order valence-electron chi connectivity index (χ4n) is 2.67. The zero-order valence-electron chi connectivity index (χ0n) is 11.5. The molecule has 0 spiro atoms. The van der Waals surface area contributed by atoms with Gasteiger partial charge in [0.2, 0.25) is 0 Å². The molecule has 1 saturated heterocycles. The molecule has 0 amide bonds. The van der Waals surface area contributed by atoms with Crippen molar-refractivity contribution in [2.24, 2.45) is 0 Å². The summed E-state index contributed by atoms with van der Waals surface area (Å²) in [6.45, 7) is 6.09. The summed E-state index contributed by atoms with van der Waals surface area (Å²) in [4.78, 5) is 2.35. The molecule has 0 unspecified atom stereocenters. The number of rotatable bonds is 3. The lowest BCUT2D eigenvalue weighted by Gasteiger charge is -2.40. The molecule has 0 radical (unpaired) electrons. The van der Waals surface area contributed by atoms with E-state index in [2.05, 4.69) is 34.7 Å². The summed E-state index contributed by atoms with van der Waals surface area (Å²) in [5, 5.41) is 10.6. The topological polar surface area (TPSA) is 23.5 Å². The van der Waals surface area contributed by atoms with Crippen LogP contribution in [0.5, 0.6) is 0 Å². The van der Waals surface area contributed by atoms with Gasteiger partial charge in [0.1, 0.15) is 5.82 Å². The smallest absolute Gasteiger partial charge is 0.126 e. The molecule has 106 valence electrons. The number of halogens is 2. The lowest BCUT2D eigenvalue weighted by molar-refractivity contribution is -0.0276. The van der Waals surface area contributed by atoms with Gasteiger partial charge in [0.15, 0.2) is 0 Å². The molecule has 19 heavy (non-hydrogen) atoms. The van der Waals surface area contributed by atoms with Gasteiger partial charge in [-0.05, 0) is 50.5 Å². The third-order valence-electron chi connectivity index (χ3n) is 3.99. The maximum Gasteiger partial charge on any atom is 0.126 e. The largest absolute Gasteiger partial charge is 0.389 e. The van der Waals surface area contributed by atoms with Gasteiger partial charge in [-0.25, -0.2) is 4.39 Å². The molecule has 0 saturated carbocycles. The molecule has 1 aromatic rings. The van der Waals surface area contributed by atoms with Crippen molar-refractivity contribution in [3.05, 3.63) is 34.1 Å². The van der Waals surface area contributed by atoms with E-state index in [1.54, 1.807) is 12.1 Å². The van der Waals surface area contributed by atoms with E-state index in [0.717, 1.165) is 17.6 Å². The second-order valence-electron chi connectivity index (χ2n) is 5.77. The van der Waals surface area contributed by atoms with Crippen molar-refractivity contribution < 1.29 is 9.50 Å². The van der Waals surface area contributed by atoms with Gasteiger partial charge in [0.05, 0.1) is 5.60 Å². The first kappa shape index (κ1) is 14.9. The predicted molar refractivity (Wildman–Crippen MR) is 78.7 cm³/mol. The zero-order chi connectivity index (χ0) is 14.0. The number of nitrogens with zero attached hydrogens (tertiary/aromatic N) is 1. The van der Waals surface area contributed by atoms with Crippen molar-refractivity contribution in [1.29, 1.82) is 0 Å². The standard InChI is InChI=1S/C15H21BrFNO/c1-11(2)18-7-5-15(19,6-8-18)10-12-9-13(16)3-4-14(12)17/h3-4,9,11,19H,5-8,10H2,1-2H3. The molecule has 2 nitrogen and oxygen atoms in total. The summed E-state index contributed by atoms with van der Waals surface area (Å²) >= 11 is 3.35. The fraction of sp³-hybridized carbons (Fsp3) is 0.600. The second kappa shape index (κ2) is 5.90. The molecule has 2 rings (SSSR count). The SMILES string of the molecule is CC(C)N1CCC(O)(Cc2cc(Br)ccc2F)CC1. The van der Waals surface area contributed by atoms with Crippen molar-refractivity contribution in [1.82, 2.24) is 4.90 Å². The third-order valence-corrected chi connectivity index (χ3v) is 4.48. The molecule has 0 aromatic heterocycles. The highest BCUT2D eigenvalue weighted by molar-refractivity contribution is 9.10. The molecular weight excluding hydrogens is 309 g/mol. The monoisotopic (exact) mass is 329 g/mol. The highest BCUT2D eigenvalue weighted by Gasteiger charge is 2.33. The average molecular weight is 330 g/mol. The molecule has 0 aliphatic carbocycles. The van der Waals surface area contributed by atoms with Crippen LogP contribution < -0.4 is 0 Å². The minimum atomic E-state index is -0.771. The Labute approximate surface area is 122 Å². The lowest BCUT2D eigenvalue weighted by Crippen LogP contribution is -2.47. The number of hydrogen-bond donors (Lipinski definition) is 1. The molecule has 1 aliphatic rings. The quantitative estimate of drug-likeness (QED) is 0.919. The van der Waals surface area contributed by atoms with E-state index in [1.165, 1.54) is 6.07 Å². The van der Waals surface area contributed by atoms with E-state index in [4.69, 9.17) is 0 Å². The molecule has 1 fully saturated rings. The fourth-order valence-corrected chi connectivity index (χ4v) is 3.08. The van der Waals surface area contributed by atoms with Crippen molar-refractivity contribution >= 4 is 15.9 Å². The van der Waals surface area contributed by atoms with E-state index in [0.29, 0.717) is 30.9 Å². The number of benzene rings is 1. The van der Waals surface area contributed by atoms with Crippen LogP contribution in [-0.2, 0) is 6.42 Å². The Morgan fingerprint density at radius 1 is 1.37 bits per heavy atom. The summed E-state index contributed by atoms with van der Waals surface area (Å²) in [6, 6.07) is 5.41. The first-order chi connectivity index (χ1) is 8.89. The van der Waals surface area contributed by atoms with Crippen molar-refractivity contribution in [3.63, 3.8) is 0 Å². The van der Waals surface area contributed by atoms with Gasteiger partial charge in [0.25, 0.3) is 0 Å². The Kier molecular flexibility index (Phi) is 4.64. The second-order valence-corrected chi connectivity index (χ2v) is 6.68. The number of piperidine rings is 1. The van der Waals surface area contributed by atoms with Crippen LogP contribution in [0, 0.1) is 5.82 Å². The maximum absolute atomic E-state index is 13.8. The summed E-state index contributed by atoms with van der Waals surface area (Å²) in [6.07, 6.45) is 1.80. The molecule has 1 N–H and O–H groups in total. The van der Waals surface area contributed by atoms with Crippen LogP contribution in [0.4, 0.5) is 4.39 Å². The summed E-state index contributed by atoms with van der Waals surface area (Å²) in [5.74, 6) is -0.233. The number of hydrogen-bond acceptors (Lipinski definition) is 2. The molecule has 1 aliphatic heterocycles. The van der Waals surface area contributed by atoms with Crippen LogP contribution in [0.15, 0.2) is 22.7 Å². The highest BCUT2D eigenvalue weighted by atomic mass is 79.9. The van der Waals surface area contributed by atoms with Gasteiger partial charge in [-0.3, -0.25) is 0 Å². The molecule has 0 atom stereocenters. The Hall–Kier alpha value is -0.450. The molecule has 1 aromatic carbocycles. The van der Waals surface area contributed by atoms with Crippen LogP contribution in [0.25, 0.3) is 0 Å². The van der Waals surface area contributed by atoms with E-state index in [-0.39, 0.29) is 5.82 Å². The van der Waals surface area contributed by atoms with Crippen LogP contribution >= 0.6 is 15.9 Å². The van der Waals surface area contributed by atoms with Crippen molar-refractivity contribution in [2.45, 2.75) is 44.8 Å². The summed E-state index contributed by atoms with van der Waals surface area (Å²) < 4.78 is 14.6. The summed E-state index contributed by atoms with van der Waals surface area (Å²) in [7, 11) is 0. The molecule has 0 bridgehead atoms. The van der Waals surface area contributed by atoms with Gasteiger partial charge in [-0.1, -0.05) is 15.9 Å². The third kappa shape index (κ3) is 3.77. The first-order valence-electron chi connectivity index (χ1n) is 6.80. The Bertz CT molecular complexity index is 442. The lowest BCUT2D eigenvalue weighted by atomic mass is 9.85. The zero-order valence-corrected chi connectivity index (χ0v) is 13.1. The van der Waals surface area contributed by atoms with E-state index < -0.39 is 5.60 Å². The van der Waals surface area contributed by atoms with E-state index >= 15 is 0 Å². The minimum absolute atomic E-state index is 0.233. The van der Waals surface area contributed by atoms with Gasteiger partial charge < -0.3 is 10.0 Å². The first-order valence-corrected chi connectivity index (χ1v) is 7.59. The molecule has 4 heteroatoms. The van der Waals surface area contributed by atoms with Gasteiger partial charge in [-0.15, -0.1) is 0 Å². The highest BCUT2D eigenvalue weighted by Crippen LogP contribution is 2.29. The van der Waals surface area contributed by atoms with Crippen LogP contribution in [0.3, 0.4) is 0 Å². The molecule has 1 heterocycles. The normalized spacial score (nSPS) is 19.9. The number of likely N-dealkylation sites (tertiary alicyclic amines) is 1. The Balaban J connectivity index is 2.05. The van der Waals surface area contributed by atoms with Gasteiger partial charge in [0, 0.05) is 30.0 Å². The van der Waals surface area contributed by atoms with Gasteiger partial charge >= 0.3 is 0 Å². The van der Waals surface area contributed by atoms with Crippen LogP contribution in [0.1, 0.15) is 32.3 Å².